The quantitative estimate of drug-likeness (QED) is 0.788. The first-order chi connectivity index (χ1) is 10.3. The lowest BCUT2D eigenvalue weighted by atomic mass is 10.00. The van der Waals surface area contributed by atoms with Gasteiger partial charge in [-0.05, 0) is 44.4 Å². The van der Waals surface area contributed by atoms with Crippen molar-refractivity contribution in [1.29, 1.82) is 0 Å². The van der Waals surface area contributed by atoms with Crippen molar-refractivity contribution in [1.82, 2.24) is 10.2 Å². The Morgan fingerprint density at radius 2 is 2.10 bits per heavy atom. The third-order valence-corrected chi connectivity index (χ3v) is 4.16. The van der Waals surface area contributed by atoms with Gasteiger partial charge < -0.3 is 15.5 Å². The van der Waals surface area contributed by atoms with Crippen molar-refractivity contribution in [2.75, 3.05) is 25.0 Å². The van der Waals surface area contributed by atoms with Gasteiger partial charge in [0, 0.05) is 24.8 Å². The van der Waals surface area contributed by atoms with Gasteiger partial charge in [-0.1, -0.05) is 31.5 Å². The van der Waals surface area contributed by atoms with Crippen LogP contribution >= 0.6 is 0 Å². The number of para-hydroxylation sites is 1. The smallest absolute Gasteiger partial charge is 0.319 e. The highest BCUT2D eigenvalue weighted by molar-refractivity contribution is 5.89. The number of likely N-dealkylation sites (tertiary alicyclic amines) is 1. The number of anilines is 1. The zero-order chi connectivity index (χ0) is 14.9. The van der Waals surface area contributed by atoms with Gasteiger partial charge in [0.1, 0.15) is 0 Å². The molecule has 1 fully saturated rings. The first-order valence-corrected chi connectivity index (χ1v) is 8.13. The van der Waals surface area contributed by atoms with E-state index in [9.17, 15) is 4.79 Å². The van der Waals surface area contributed by atoms with Gasteiger partial charge in [0.15, 0.2) is 0 Å². The predicted molar refractivity (Wildman–Crippen MR) is 87.6 cm³/mol. The number of urea groups is 1. The number of amides is 2. The number of nitrogens with zero attached hydrogens (tertiary/aromatic N) is 1. The first kappa shape index (κ1) is 15.8. The zero-order valence-corrected chi connectivity index (χ0v) is 13.0. The molecule has 1 saturated heterocycles. The molecule has 1 unspecified atom stereocenters. The highest BCUT2D eigenvalue weighted by Crippen LogP contribution is 2.19. The molecule has 2 rings (SSSR count). The fraction of sp³-hybridized carbons (Fsp3) is 0.588. The van der Waals surface area contributed by atoms with E-state index in [0.29, 0.717) is 0 Å². The highest BCUT2D eigenvalue weighted by Gasteiger charge is 2.19. The van der Waals surface area contributed by atoms with Crippen LogP contribution < -0.4 is 10.6 Å². The third kappa shape index (κ3) is 5.38. The lowest BCUT2D eigenvalue weighted by Gasteiger charge is -2.35. The Hall–Kier alpha value is -1.55. The molecule has 2 N–H and O–H groups in total. The Bertz CT molecular complexity index is 421. The Kier molecular flexibility index (Phi) is 6.54. The van der Waals surface area contributed by atoms with Gasteiger partial charge >= 0.3 is 6.03 Å². The van der Waals surface area contributed by atoms with Crippen molar-refractivity contribution in [2.45, 2.75) is 45.1 Å². The molecule has 0 aromatic heterocycles. The van der Waals surface area contributed by atoms with E-state index in [-0.39, 0.29) is 6.03 Å². The normalized spacial score (nSPS) is 19.2. The average Bonchev–Trinajstić information content (AvgIpc) is 2.53. The van der Waals surface area contributed by atoms with Crippen LogP contribution in [0.1, 0.15) is 39.0 Å². The van der Waals surface area contributed by atoms with Gasteiger partial charge in [0.2, 0.25) is 0 Å². The highest BCUT2D eigenvalue weighted by atomic mass is 16.2. The monoisotopic (exact) mass is 289 g/mol. The van der Waals surface area contributed by atoms with E-state index >= 15 is 0 Å². The summed E-state index contributed by atoms with van der Waals surface area (Å²) in [5, 5.41) is 5.76. The second-order valence-electron chi connectivity index (χ2n) is 5.69. The van der Waals surface area contributed by atoms with E-state index in [4.69, 9.17) is 0 Å². The summed E-state index contributed by atoms with van der Waals surface area (Å²) >= 11 is 0. The maximum atomic E-state index is 11.7. The van der Waals surface area contributed by atoms with E-state index in [1.807, 2.05) is 30.3 Å². The SMILES string of the molecule is CCC1CCCCN1CCCNC(=O)Nc1ccccc1. The molecule has 1 heterocycles. The molecular formula is C17H27N3O. The van der Waals surface area contributed by atoms with Crippen LogP contribution in [0.4, 0.5) is 10.5 Å². The van der Waals surface area contributed by atoms with E-state index < -0.39 is 0 Å². The molecule has 0 radical (unpaired) electrons. The standard InChI is InChI=1S/C17H27N3O/c1-2-16-11-6-7-13-20(16)14-8-12-18-17(21)19-15-9-4-3-5-10-15/h3-5,9-10,16H,2,6-8,11-14H2,1H3,(H2,18,19,21). The molecule has 4 nitrogen and oxygen atoms in total. The van der Waals surface area contributed by atoms with Crippen LogP contribution in [0.15, 0.2) is 30.3 Å². The Balaban J connectivity index is 1.61. The third-order valence-electron chi connectivity index (χ3n) is 4.16. The summed E-state index contributed by atoms with van der Waals surface area (Å²) in [6.45, 7) is 5.30. The Labute approximate surface area is 127 Å². The van der Waals surface area contributed by atoms with Crippen LogP contribution in [-0.2, 0) is 0 Å². The van der Waals surface area contributed by atoms with E-state index in [1.165, 1.54) is 32.2 Å². The second-order valence-corrected chi connectivity index (χ2v) is 5.69. The van der Waals surface area contributed by atoms with Gasteiger partial charge in [-0.2, -0.15) is 0 Å². The lowest BCUT2D eigenvalue weighted by Crippen LogP contribution is -2.41. The van der Waals surface area contributed by atoms with E-state index in [0.717, 1.165) is 31.2 Å². The molecule has 0 spiro atoms. The number of carbonyl (C=O) groups is 1. The minimum absolute atomic E-state index is 0.119. The molecular weight excluding hydrogens is 262 g/mol. The number of piperidine rings is 1. The summed E-state index contributed by atoms with van der Waals surface area (Å²) in [6.07, 6.45) is 6.27. The van der Waals surface area contributed by atoms with Crippen molar-refractivity contribution in [2.24, 2.45) is 0 Å². The molecule has 0 bridgehead atoms. The van der Waals surface area contributed by atoms with Crippen LogP contribution in [-0.4, -0.2) is 36.6 Å². The van der Waals surface area contributed by atoms with Crippen LogP contribution in [0.5, 0.6) is 0 Å². The maximum absolute atomic E-state index is 11.7. The molecule has 2 amide bonds. The number of rotatable bonds is 6. The maximum Gasteiger partial charge on any atom is 0.319 e. The number of nitrogens with one attached hydrogen (secondary N) is 2. The molecule has 0 aliphatic carbocycles. The molecule has 1 atom stereocenters. The molecule has 1 aliphatic rings. The summed E-state index contributed by atoms with van der Waals surface area (Å²) in [4.78, 5) is 14.3. The fourth-order valence-corrected chi connectivity index (χ4v) is 3.00. The summed E-state index contributed by atoms with van der Waals surface area (Å²) in [5.41, 5.74) is 0.831. The van der Waals surface area contributed by atoms with Gasteiger partial charge in [0.05, 0.1) is 0 Å². The van der Waals surface area contributed by atoms with Gasteiger partial charge in [0.25, 0.3) is 0 Å². The van der Waals surface area contributed by atoms with Gasteiger partial charge in [-0.3, -0.25) is 0 Å². The van der Waals surface area contributed by atoms with Crippen LogP contribution in [0.2, 0.25) is 0 Å². The van der Waals surface area contributed by atoms with Crippen molar-refractivity contribution in [3.8, 4) is 0 Å². The van der Waals surface area contributed by atoms with Crippen molar-refractivity contribution < 1.29 is 4.79 Å². The molecule has 116 valence electrons. The second kappa shape index (κ2) is 8.67. The predicted octanol–water partition coefficient (Wildman–Crippen LogP) is 3.46. The molecule has 1 aliphatic heterocycles. The van der Waals surface area contributed by atoms with Gasteiger partial charge in [-0.25, -0.2) is 4.79 Å². The Morgan fingerprint density at radius 1 is 1.29 bits per heavy atom. The van der Waals surface area contributed by atoms with Crippen molar-refractivity contribution in [3.05, 3.63) is 30.3 Å². The molecule has 1 aromatic rings. The minimum Gasteiger partial charge on any atom is -0.338 e. The number of carbonyl (C=O) groups excluding carboxylic acids is 1. The topological polar surface area (TPSA) is 44.4 Å². The van der Waals surface area contributed by atoms with Crippen LogP contribution in [0.25, 0.3) is 0 Å². The lowest BCUT2D eigenvalue weighted by molar-refractivity contribution is 0.142. The molecule has 0 saturated carbocycles. The molecule has 4 heteroatoms. The van der Waals surface area contributed by atoms with E-state index in [1.54, 1.807) is 0 Å². The summed E-state index contributed by atoms with van der Waals surface area (Å²) in [7, 11) is 0. The number of hydrogen-bond acceptors (Lipinski definition) is 2. The first-order valence-electron chi connectivity index (χ1n) is 8.13. The Morgan fingerprint density at radius 3 is 2.86 bits per heavy atom. The summed E-state index contributed by atoms with van der Waals surface area (Å²) in [6, 6.07) is 10.2. The fourth-order valence-electron chi connectivity index (χ4n) is 3.00. The largest absolute Gasteiger partial charge is 0.338 e. The van der Waals surface area contributed by atoms with Crippen LogP contribution in [0, 0.1) is 0 Å². The number of hydrogen-bond donors (Lipinski definition) is 2. The van der Waals surface area contributed by atoms with E-state index in [2.05, 4.69) is 22.5 Å². The summed E-state index contributed by atoms with van der Waals surface area (Å²) < 4.78 is 0. The van der Waals surface area contributed by atoms with Crippen LogP contribution in [0.3, 0.4) is 0 Å². The number of benzene rings is 1. The average molecular weight is 289 g/mol. The zero-order valence-electron chi connectivity index (χ0n) is 13.0. The molecule has 1 aromatic carbocycles. The van der Waals surface area contributed by atoms with Gasteiger partial charge in [-0.15, -0.1) is 0 Å². The molecule has 21 heavy (non-hydrogen) atoms. The minimum atomic E-state index is -0.119. The summed E-state index contributed by atoms with van der Waals surface area (Å²) in [5.74, 6) is 0. The van der Waals surface area contributed by atoms with Crippen molar-refractivity contribution >= 4 is 11.7 Å². The van der Waals surface area contributed by atoms with Crippen molar-refractivity contribution in [3.63, 3.8) is 0 Å².